The summed E-state index contributed by atoms with van der Waals surface area (Å²) in [5, 5.41) is 4.14. The molecule has 2 heterocycles. The molecule has 2 fully saturated rings. The highest BCUT2D eigenvalue weighted by atomic mass is 35.5. The number of fused-ring (bicyclic) bond motifs is 1. The zero-order chi connectivity index (χ0) is 14.7. The Bertz CT molecular complexity index is 475. The monoisotopic (exact) mass is 307 g/mol. The third-order valence-electron chi connectivity index (χ3n) is 4.97. The largest absolute Gasteiger partial charge is 0.352 e. The van der Waals surface area contributed by atoms with Gasteiger partial charge in [-0.2, -0.15) is 0 Å². The van der Waals surface area contributed by atoms with E-state index < -0.39 is 0 Å². The maximum Gasteiger partial charge on any atom is 0.147 e. The van der Waals surface area contributed by atoms with Gasteiger partial charge in [0, 0.05) is 25.3 Å². The maximum atomic E-state index is 6.54. The first-order chi connectivity index (χ1) is 10.3. The lowest BCUT2D eigenvalue weighted by Gasteiger charge is -2.45. The van der Waals surface area contributed by atoms with Crippen LogP contribution in [0.25, 0.3) is 0 Å². The Morgan fingerprint density at radius 1 is 1.29 bits per heavy atom. The number of pyridine rings is 1. The van der Waals surface area contributed by atoms with E-state index in [1.807, 2.05) is 6.20 Å². The first-order valence-electron chi connectivity index (χ1n) is 8.41. The summed E-state index contributed by atoms with van der Waals surface area (Å²) in [6.45, 7) is 5.03. The van der Waals surface area contributed by atoms with E-state index >= 15 is 0 Å². The van der Waals surface area contributed by atoms with E-state index in [9.17, 15) is 0 Å². The number of nitrogens with one attached hydrogen (secondary N) is 1. The summed E-state index contributed by atoms with van der Waals surface area (Å²) in [7, 11) is 0. The molecule has 0 bridgehead atoms. The van der Waals surface area contributed by atoms with Crippen LogP contribution in [0.5, 0.6) is 0 Å². The number of halogens is 1. The molecule has 4 heteroatoms. The van der Waals surface area contributed by atoms with Crippen LogP contribution in [0.15, 0.2) is 12.3 Å². The van der Waals surface area contributed by atoms with E-state index in [2.05, 4.69) is 23.2 Å². The van der Waals surface area contributed by atoms with E-state index in [1.54, 1.807) is 0 Å². The number of piperidine rings is 1. The molecule has 2 atom stereocenters. The Morgan fingerprint density at radius 2 is 2.10 bits per heavy atom. The molecule has 1 aromatic rings. The minimum Gasteiger partial charge on any atom is -0.352 e. The van der Waals surface area contributed by atoms with Crippen molar-refractivity contribution in [2.24, 2.45) is 5.92 Å². The average molecular weight is 308 g/mol. The molecule has 0 radical (unpaired) electrons. The van der Waals surface area contributed by atoms with Crippen LogP contribution < -0.4 is 10.2 Å². The molecule has 2 unspecified atom stereocenters. The number of hydrogen-bond acceptors (Lipinski definition) is 3. The van der Waals surface area contributed by atoms with E-state index in [0.717, 1.165) is 36.4 Å². The van der Waals surface area contributed by atoms with Gasteiger partial charge in [0.1, 0.15) is 5.82 Å². The molecule has 1 aliphatic heterocycles. The van der Waals surface area contributed by atoms with Gasteiger partial charge in [0.2, 0.25) is 0 Å². The van der Waals surface area contributed by atoms with E-state index in [0.29, 0.717) is 6.04 Å². The molecule has 1 aliphatic carbocycles. The van der Waals surface area contributed by atoms with E-state index in [1.165, 1.54) is 44.1 Å². The van der Waals surface area contributed by atoms with Crippen molar-refractivity contribution in [2.75, 3.05) is 18.0 Å². The van der Waals surface area contributed by atoms with Crippen LogP contribution in [-0.2, 0) is 6.54 Å². The van der Waals surface area contributed by atoms with Crippen LogP contribution >= 0.6 is 11.6 Å². The zero-order valence-corrected chi connectivity index (χ0v) is 13.7. The summed E-state index contributed by atoms with van der Waals surface area (Å²) in [5.41, 5.74) is 1.17. The van der Waals surface area contributed by atoms with Crippen molar-refractivity contribution in [2.45, 2.75) is 58.0 Å². The van der Waals surface area contributed by atoms with Crippen LogP contribution in [0.4, 0.5) is 5.82 Å². The van der Waals surface area contributed by atoms with Gasteiger partial charge in [0.25, 0.3) is 0 Å². The Hall–Kier alpha value is -0.800. The molecule has 21 heavy (non-hydrogen) atoms. The van der Waals surface area contributed by atoms with Crippen LogP contribution in [-0.4, -0.2) is 24.1 Å². The molecule has 0 spiro atoms. The van der Waals surface area contributed by atoms with Gasteiger partial charge in [-0.15, -0.1) is 0 Å². The van der Waals surface area contributed by atoms with Gasteiger partial charge < -0.3 is 10.2 Å². The quantitative estimate of drug-likeness (QED) is 0.911. The molecule has 1 saturated heterocycles. The normalized spacial score (nSPS) is 25.7. The molecule has 1 N–H and O–H groups in total. The van der Waals surface area contributed by atoms with E-state index in [4.69, 9.17) is 16.6 Å². The Morgan fingerprint density at radius 3 is 2.90 bits per heavy atom. The van der Waals surface area contributed by atoms with Crippen molar-refractivity contribution >= 4 is 17.4 Å². The fourth-order valence-electron chi connectivity index (χ4n) is 3.94. The number of nitrogens with zero attached hydrogens (tertiary/aromatic N) is 2. The molecule has 1 saturated carbocycles. The first kappa shape index (κ1) is 15.1. The minimum atomic E-state index is 0.664. The molecule has 0 amide bonds. The van der Waals surface area contributed by atoms with Crippen LogP contribution in [0.1, 0.15) is 51.0 Å². The van der Waals surface area contributed by atoms with Crippen LogP contribution in [0.3, 0.4) is 0 Å². The van der Waals surface area contributed by atoms with Crippen molar-refractivity contribution in [3.05, 3.63) is 22.8 Å². The van der Waals surface area contributed by atoms with Crippen LogP contribution in [0, 0.1) is 5.92 Å². The van der Waals surface area contributed by atoms with Crippen molar-refractivity contribution in [3.8, 4) is 0 Å². The van der Waals surface area contributed by atoms with Gasteiger partial charge in [-0.05, 0) is 49.8 Å². The molecule has 1 aromatic heterocycles. The summed E-state index contributed by atoms with van der Waals surface area (Å²) in [6, 6.07) is 2.75. The fraction of sp³-hybridized carbons (Fsp3) is 0.706. The van der Waals surface area contributed by atoms with Crippen molar-refractivity contribution in [3.63, 3.8) is 0 Å². The Balaban J connectivity index is 1.78. The summed E-state index contributed by atoms with van der Waals surface area (Å²) >= 11 is 6.54. The lowest BCUT2D eigenvalue weighted by atomic mass is 9.78. The Kier molecular flexibility index (Phi) is 5.02. The van der Waals surface area contributed by atoms with Gasteiger partial charge in [0.15, 0.2) is 0 Å². The zero-order valence-electron chi connectivity index (χ0n) is 12.9. The molecular weight excluding hydrogens is 282 g/mol. The van der Waals surface area contributed by atoms with Gasteiger partial charge in [0.05, 0.1) is 5.02 Å². The number of rotatable bonds is 4. The molecule has 0 aromatic carbocycles. The molecule has 116 valence electrons. The van der Waals surface area contributed by atoms with Crippen molar-refractivity contribution < 1.29 is 0 Å². The lowest BCUT2D eigenvalue weighted by Crippen LogP contribution is -2.47. The maximum absolute atomic E-state index is 6.54. The third kappa shape index (κ3) is 3.35. The average Bonchev–Trinajstić information content (AvgIpc) is 2.53. The first-order valence-corrected chi connectivity index (χ1v) is 8.79. The summed E-state index contributed by atoms with van der Waals surface area (Å²) < 4.78 is 0. The second-order valence-corrected chi connectivity index (χ2v) is 6.78. The lowest BCUT2D eigenvalue weighted by molar-refractivity contribution is 0.243. The topological polar surface area (TPSA) is 28.2 Å². The van der Waals surface area contributed by atoms with Crippen LogP contribution in [0.2, 0.25) is 5.02 Å². The standard InChI is InChI=1S/C17H26ClN3/c1-2-19-11-13-10-15(18)17(20-12-13)21-9-5-7-14-6-3-4-8-16(14)21/h10,12,14,16,19H,2-9,11H2,1H3. The minimum absolute atomic E-state index is 0.664. The summed E-state index contributed by atoms with van der Waals surface area (Å²) in [6.07, 6.45) is 10.1. The predicted molar refractivity (Wildman–Crippen MR) is 89.0 cm³/mol. The highest BCUT2D eigenvalue weighted by Crippen LogP contribution is 2.39. The summed E-state index contributed by atoms with van der Waals surface area (Å²) in [4.78, 5) is 7.19. The highest BCUT2D eigenvalue weighted by Gasteiger charge is 2.34. The van der Waals surface area contributed by atoms with Gasteiger partial charge in [-0.3, -0.25) is 0 Å². The smallest absolute Gasteiger partial charge is 0.147 e. The fourth-order valence-corrected chi connectivity index (χ4v) is 4.23. The van der Waals surface area contributed by atoms with E-state index in [-0.39, 0.29) is 0 Å². The molecular formula is C17H26ClN3. The molecule has 2 aliphatic rings. The third-order valence-corrected chi connectivity index (χ3v) is 5.25. The highest BCUT2D eigenvalue weighted by molar-refractivity contribution is 6.33. The number of aromatic nitrogens is 1. The number of hydrogen-bond donors (Lipinski definition) is 1. The van der Waals surface area contributed by atoms with Crippen molar-refractivity contribution in [1.82, 2.24) is 10.3 Å². The Labute approximate surface area is 133 Å². The second kappa shape index (κ2) is 6.97. The summed E-state index contributed by atoms with van der Waals surface area (Å²) in [5.74, 6) is 1.86. The van der Waals surface area contributed by atoms with Gasteiger partial charge >= 0.3 is 0 Å². The molecule has 3 rings (SSSR count). The van der Waals surface area contributed by atoms with Crippen molar-refractivity contribution in [1.29, 1.82) is 0 Å². The number of anilines is 1. The second-order valence-electron chi connectivity index (χ2n) is 6.38. The predicted octanol–water partition coefficient (Wildman–Crippen LogP) is 4.00. The SMILES string of the molecule is CCNCc1cnc(N2CCCC3CCCCC32)c(Cl)c1. The van der Waals surface area contributed by atoms with Gasteiger partial charge in [-0.25, -0.2) is 4.98 Å². The van der Waals surface area contributed by atoms with Gasteiger partial charge in [-0.1, -0.05) is 31.4 Å². The molecule has 3 nitrogen and oxygen atoms in total.